The number of aliphatic hydroxyl groups is 1. The normalized spacial score (nSPS) is 21.1. The van der Waals surface area contributed by atoms with Crippen LogP contribution in [0.15, 0.2) is 23.3 Å². The highest BCUT2D eigenvalue weighted by atomic mass is 35.5. The van der Waals surface area contributed by atoms with Crippen LogP contribution >= 0.6 is 23.4 Å². The van der Waals surface area contributed by atoms with Crippen molar-refractivity contribution in [3.8, 4) is 0 Å². The van der Waals surface area contributed by atoms with E-state index in [1.165, 1.54) is 17.0 Å². The largest absolute Gasteiger partial charge is 0.392 e. The van der Waals surface area contributed by atoms with Crippen LogP contribution in [0.3, 0.4) is 0 Å². The first-order valence-electron chi connectivity index (χ1n) is 7.71. The number of aliphatic hydroxyl groups excluding tert-OH is 1. The van der Waals surface area contributed by atoms with E-state index < -0.39 is 6.10 Å². The van der Waals surface area contributed by atoms with Gasteiger partial charge in [-0.15, -0.1) is 0 Å². The summed E-state index contributed by atoms with van der Waals surface area (Å²) >= 11 is 7.58. The van der Waals surface area contributed by atoms with Crippen molar-refractivity contribution < 1.29 is 9.90 Å². The molecule has 2 heterocycles. The molecular formula is C16H16BClN2O3S. The zero-order valence-corrected chi connectivity index (χ0v) is 14.5. The van der Waals surface area contributed by atoms with Crippen molar-refractivity contribution in [1.29, 1.82) is 0 Å². The number of hydrogen-bond donors (Lipinski definition) is 1. The Labute approximate surface area is 149 Å². The van der Waals surface area contributed by atoms with E-state index in [9.17, 15) is 14.7 Å². The lowest BCUT2D eigenvalue weighted by Gasteiger charge is -2.26. The first kappa shape index (κ1) is 17.5. The number of aromatic nitrogens is 2. The van der Waals surface area contributed by atoms with E-state index in [2.05, 4.69) is 4.98 Å². The van der Waals surface area contributed by atoms with Crippen LogP contribution in [-0.2, 0) is 11.3 Å². The van der Waals surface area contributed by atoms with Crippen molar-refractivity contribution in [3.05, 3.63) is 33.8 Å². The Morgan fingerprint density at radius 2 is 2.29 bits per heavy atom. The number of carbonyl (C=O) groups excluding carboxylic acids is 1. The highest BCUT2D eigenvalue weighted by molar-refractivity contribution is 8.00. The first-order valence-corrected chi connectivity index (χ1v) is 9.14. The van der Waals surface area contributed by atoms with Crippen molar-refractivity contribution >= 4 is 53.4 Å². The Morgan fingerprint density at radius 3 is 3.04 bits per heavy atom. The number of hydrogen-bond acceptors (Lipinski definition) is 5. The van der Waals surface area contributed by atoms with Gasteiger partial charge in [-0.1, -0.05) is 17.1 Å². The summed E-state index contributed by atoms with van der Waals surface area (Å²) in [5, 5.41) is 10.5. The van der Waals surface area contributed by atoms with Crippen LogP contribution in [0.2, 0.25) is 5.02 Å². The summed E-state index contributed by atoms with van der Waals surface area (Å²) < 4.78 is 1.27. The second-order valence-electron chi connectivity index (χ2n) is 5.93. The van der Waals surface area contributed by atoms with Gasteiger partial charge in [-0.2, -0.15) is 11.8 Å². The van der Waals surface area contributed by atoms with Crippen molar-refractivity contribution in [1.82, 2.24) is 9.55 Å². The topological polar surface area (TPSA) is 72.2 Å². The van der Waals surface area contributed by atoms with E-state index in [4.69, 9.17) is 19.4 Å². The third-order valence-corrected chi connectivity index (χ3v) is 5.88. The smallest absolute Gasteiger partial charge is 0.261 e. The molecule has 1 aliphatic heterocycles. The number of rotatable bonds is 4. The molecule has 1 fully saturated rings. The van der Waals surface area contributed by atoms with E-state index in [-0.39, 0.29) is 34.6 Å². The van der Waals surface area contributed by atoms with E-state index in [1.54, 1.807) is 17.8 Å². The van der Waals surface area contributed by atoms with Gasteiger partial charge in [-0.05, 0) is 30.7 Å². The first-order chi connectivity index (χ1) is 11.5. The summed E-state index contributed by atoms with van der Waals surface area (Å²) in [6.45, 7) is -0.0620. The van der Waals surface area contributed by atoms with Crippen LogP contribution in [0.1, 0.15) is 19.3 Å². The quantitative estimate of drug-likeness (QED) is 0.824. The van der Waals surface area contributed by atoms with Gasteiger partial charge < -0.3 is 5.11 Å². The predicted molar refractivity (Wildman–Crippen MR) is 97.5 cm³/mol. The van der Waals surface area contributed by atoms with Crippen LogP contribution in [0.4, 0.5) is 0 Å². The number of carbonyl (C=O) groups is 1. The maximum Gasteiger partial charge on any atom is 0.261 e. The Kier molecular flexibility index (Phi) is 5.32. The molecule has 1 N–H and O–H groups in total. The highest BCUT2D eigenvalue weighted by Crippen LogP contribution is 2.28. The SMILES string of the molecule is [B]c1cc2ncn(CC(=O)CC3SCCCC3O)c(=O)c2cc1Cl. The molecule has 1 aliphatic rings. The molecule has 2 aromatic rings. The van der Waals surface area contributed by atoms with Gasteiger partial charge in [0.15, 0.2) is 5.78 Å². The second-order valence-corrected chi connectivity index (χ2v) is 7.68. The molecule has 1 aromatic carbocycles. The molecule has 0 spiro atoms. The van der Waals surface area contributed by atoms with Crippen LogP contribution in [-0.4, -0.2) is 45.4 Å². The molecule has 1 aromatic heterocycles. The van der Waals surface area contributed by atoms with Crippen LogP contribution < -0.4 is 11.0 Å². The highest BCUT2D eigenvalue weighted by Gasteiger charge is 2.26. The number of halogens is 1. The van der Waals surface area contributed by atoms with Gasteiger partial charge in [-0.25, -0.2) is 4.98 Å². The average molecular weight is 363 g/mol. The third-order valence-electron chi connectivity index (χ3n) is 4.12. The predicted octanol–water partition coefficient (Wildman–Crippen LogP) is 1.06. The van der Waals surface area contributed by atoms with Gasteiger partial charge in [-0.3, -0.25) is 14.2 Å². The number of benzene rings is 1. The number of Topliss-reactive ketones (excluding diaryl/α,β-unsaturated/α-hetero) is 1. The minimum atomic E-state index is -0.457. The molecular weight excluding hydrogens is 347 g/mol. The van der Waals surface area contributed by atoms with E-state index in [0.29, 0.717) is 16.4 Å². The molecule has 24 heavy (non-hydrogen) atoms. The lowest BCUT2D eigenvalue weighted by Crippen LogP contribution is -2.32. The van der Waals surface area contributed by atoms with Crippen molar-refractivity contribution in [2.75, 3.05) is 5.75 Å². The molecule has 0 aliphatic carbocycles. The monoisotopic (exact) mass is 362 g/mol. The molecule has 3 rings (SSSR count). The van der Waals surface area contributed by atoms with Crippen molar-refractivity contribution in [2.24, 2.45) is 0 Å². The molecule has 0 amide bonds. The summed E-state index contributed by atoms with van der Waals surface area (Å²) in [6.07, 6.45) is 2.83. The lowest BCUT2D eigenvalue weighted by molar-refractivity contribution is -0.120. The van der Waals surface area contributed by atoms with Gasteiger partial charge in [0.1, 0.15) is 7.85 Å². The number of nitrogens with zero attached hydrogens (tertiary/aromatic N) is 2. The fraction of sp³-hybridized carbons (Fsp3) is 0.438. The molecule has 1 saturated heterocycles. The Morgan fingerprint density at radius 1 is 1.50 bits per heavy atom. The zero-order valence-electron chi connectivity index (χ0n) is 12.9. The Balaban J connectivity index is 1.79. The molecule has 0 bridgehead atoms. The standard InChI is InChI=1S/C16H16BClN2O3S/c17-11-6-13-10(5-12(11)18)16(23)20(8-19-13)7-9(21)4-15-14(22)2-1-3-24-15/h5-6,8,14-15,22H,1-4,7H2. The summed E-state index contributed by atoms with van der Waals surface area (Å²) in [4.78, 5) is 29.0. The van der Waals surface area contributed by atoms with E-state index in [0.717, 1.165) is 18.6 Å². The summed E-state index contributed by atoms with van der Waals surface area (Å²) in [6, 6.07) is 3.02. The fourth-order valence-electron chi connectivity index (χ4n) is 2.81. The fourth-order valence-corrected chi connectivity index (χ4v) is 4.27. The summed E-state index contributed by atoms with van der Waals surface area (Å²) in [5.74, 6) is 0.852. The number of fused-ring (bicyclic) bond motifs is 1. The number of thioether (sulfide) groups is 1. The Bertz CT molecular complexity index is 842. The van der Waals surface area contributed by atoms with Gasteiger partial charge in [0.25, 0.3) is 5.56 Å². The van der Waals surface area contributed by atoms with Gasteiger partial charge in [0.2, 0.25) is 0 Å². The van der Waals surface area contributed by atoms with E-state index >= 15 is 0 Å². The molecule has 5 nitrogen and oxygen atoms in total. The molecule has 0 saturated carbocycles. The van der Waals surface area contributed by atoms with Gasteiger partial charge in [0.05, 0.1) is 29.9 Å². The molecule has 8 heteroatoms. The van der Waals surface area contributed by atoms with Crippen molar-refractivity contribution in [2.45, 2.75) is 37.2 Å². The minimum absolute atomic E-state index is 0.0620. The second kappa shape index (κ2) is 7.29. The van der Waals surface area contributed by atoms with Crippen LogP contribution in [0.5, 0.6) is 0 Å². The lowest BCUT2D eigenvalue weighted by atomic mass is 9.95. The third kappa shape index (κ3) is 3.68. The van der Waals surface area contributed by atoms with Crippen LogP contribution in [0.25, 0.3) is 10.9 Å². The summed E-state index contributed by atoms with van der Waals surface area (Å²) in [7, 11) is 5.71. The summed E-state index contributed by atoms with van der Waals surface area (Å²) in [5.41, 5.74) is 0.476. The number of ketones is 1. The van der Waals surface area contributed by atoms with Crippen molar-refractivity contribution in [3.63, 3.8) is 0 Å². The molecule has 2 unspecified atom stereocenters. The van der Waals surface area contributed by atoms with E-state index in [1.807, 2.05) is 0 Å². The van der Waals surface area contributed by atoms with Gasteiger partial charge in [0, 0.05) is 16.7 Å². The minimum Gasteiger partial charge on any atom is -0.392 e. The zero-order chi connectivity index (χ0) is 17.3. The average Bonchev–Trinajstić information content (AvgIpc) is 2.54. The maximum atomic E-state index is 12.5. The molecule has 124 valence electrons. The Hall–Kier alpha value is -1.31. The molecule has 2 radical (unpaired) electrons. The van der Waals surface area contributed by atoms with Gasteiger partial charge >= 0.3 is 0 Å². The van der Waals surface area contributed by atoms with Crippen LogP contribution in [0, 0.1) is 0 Å². The maximum absolute atomic E-state index is 12.5. The molecule has 2 atom stereocenters.